The molecule has 94 valence electrons. The van der Waals surface area contributed by atoms with Gasteiger partial charge in [-0.1, -0.05) is 23.8 Å². The zero-order valence-corrected chi connectivity index (χ0v) is 11.0. The third-order valence-electron chi connectivity index (χ3n) is 2.92. The van der Waals surface area contributed by atoms with Crippen molar-refractivity contribution < 1.29 is 13.0 Å². The van der Waals surface area contributed by atoms with Gasteiger partial charge >= 0.3 is 0 Å². The van der Waals surface area contributed by atoms with Crippen molar-refractivity contribution >= 4 is 33.3 Å². The molecule has 5 heteroatoms. The van der Waals surface area contributed by atoms with Crippen molar-refractivity contribution in [2.45, 2.75) is 18.7 Å². The molecule has 0 saturated heterocycles. The van der Waals surface area contributed by atoms with Crippen molar-refractivity contribution in [2.75, 3.05) is 0 Å². The van der Waals surface area contributed by atoms with Gasteiger partial charge in [-0.2, -0.15) is 8.42 Å². The van der Waals surface area contributed by atoms with Gasteiger partial charge in [0.2, 0.25) is 0 Å². The van der Waals surface area contributed by atoms with Crippen LogP contribution in [-0.2, 0) is 10.1 Å². The molecule has 0 heterocycles. The molecule has 2 aromatic rings. The zero-order chi connectivity index (χ0) is 13.5. The number of aryl methyl sites for hydroxylation is 2. The molecule has 0 unspecified atom stereocenters. The maximum absolute atomic E-state index is 11.4. The summed E-state index contributed by atoms with van der Waals surface area (Å²) >= 11 is 0. The van der Waals surface area contributed by atoms with Crippen LogP contribution in [0.4, 0.5) is 5.69 Å². The van der Waals surface area contributed by atoms with E-state index in [1.165, 1.54) is 6.07 Å². The van der Waals surface area contributed by atoms with E-state index in [9.17, 15) is 13.0 Å². The molecule has 1 N–H and O–H groups in total. The summed E-state index contributed by atoms with van der Waals surface area (Å²) in [4.78, 5) is 3.52. The van der Waals surface area contributed by atoms with Gasteiger partial charge < -0.3 is 0 Å². The summed E-state index contributed by atoms with van der Waals surface area (Å²) in [5.41, 5.74) is 1.91. The van der Waals surface area contributed by atoms with Crippen LogP contribution < -0.4 is 0 Å². The molecule has 0 aliphatic carbocycles. The molecular formula is C13H13NO3S. The Morgan fingerprint density at radius 3 is 2.44 bits per heavy atom. The largest absolute Gasteiger partial charge is 0.296 e. The predicted molar refractivity (Wildman–Crippen MR) is 72.4 cm³/mol. The lowest BCUT2D eigenvalue weighted by atomic mass is 10.0. The van der Waals surface area contributed by atoms with Crippen molar-refractivity contribution in [3.05, 3.63) is 35.4 Å². The van der Waals surface area contributed by atoms with Crippen LogP contribution in [0.3, 0.4) is 0 Å². The second-order valence-corrected chi connectivity index (χ2v) is 5.60. The van der Waals surface area contributed by atoms with Gasteiger partial charge in [-0.05, 0) is 43.0 Å². The van der Waals surface area contributed by atoms with Crippen molar-refractivity contribution in [1.29, 1.82) is 0 Å². The number of aliphatic imine (C=N–C) groups is 1. The van der Waals surface area contributed by atoms with E-state index in [1.54, 1.807) is 6.92 Å². The van der Waals surface area contributed by atoms with E-state index < -0.39 is 10.1 Å². The number of rotatable bonds is 2. The molecule has 0 bridgehead atoms. The molecule has 0 aliphatic rings. The normalized spacial score (nSPS) is 11.7. The second kappa shape index (κ2) is 4.19. The fourth-order valence-corrected chi connectivity index (χ4v) is 2.80. The molecule has 4 nitrogen and oxygen atoms in total. The van der Waals surface area contributed by atoms with E-state index in [0.29, 0.717) is 5.56 Å². The minimum atomic E-state index is -4.31. The highest BCUT2D eigenvalue weighted by atomic mass is 32.2. The van der Waals surface area contributed by atoms with E-state index in [-0.39, 0.29) is 10.6 Å². The van der Waals surface area contributed by atoms with E-state index in [4.69, 9.17) is 0 Å². The first kappa shape index (κ1) is 12.7. The Kier molecular flexibility index (Phi) is 2.96. The second-order valence-electron chi connectivity index (χ2n) is 4.21. The number of benzene rings is 2. The first-order valence-electron chi connectivity index (χ1n) is 5.33. The summed E-state index contributed by atoms with van der Waals surface area (Å²) in [6.45, 7) is 7.04. The fraction of sp³-hybridized carbons (Fsp3) is 0.154. The van der Waals surface area contributed by atoms with Gasteiger partial charge in [0, 0.05) is 0 Å². The van der Waals surface area contributed by atoms with Gasteiger partial charge in [-0.3, -0.25) is 9.55 Å². The fourth-order valence-electron chi connectivity index (χ4n) is 2.06. The van der Waals surface area contributed by atoms with Crippen molar-refractivity contribution in [3.8, 4) is 0 Å². The number of hydrogen-bond donors (Lipinski definition) is 1. The molecule has 0 aromatic heterocycles. The summed E-state index contributed by atoms with van der Waals surface area (Å²) in [6.07, 6.45) is 0. The monoisotopic (exact) mass is 263 g/mol. The van der Waals surface area contributed by atoms with Crippen LogP contribution in [0.2, 0.25) is 0 Å². The first-order chi connectivity index (χ1) is 8.34. The first-order valence-corrected chi connectivity index (χ1v) is 6.77. The Balaban J connectivity index is 3.00. The van der Waals surface area contributed by atoms with E-state index >= 15 is 0 Å². The van der Waals surface area contributed by atoms with Crippen LogP contribution in [0.5, 0.6) is 0 Å². The summed E-state index contributed by atoms with van der Waals surface area (Å²) in [5.74, 6) is 0. The van der Waals surface area contributed by atoms with Crippen LogP contribution >= 0.6 is 0 Å². The third kappa shape index (κ3) is 2.02. The Morgan fingerprint density at radius 1 is 1.22 bits per heavy atom. The zero-order valence-electron chi connectivity index (χ0n) is 10.1. The molecule has 0 fully saturated rings. The molecule has 0 spiro atoms. The standard InChI is InChI=1S/C13H13NO3S/c1-8-4-5-11-9(2)13(14-3)12(18(15,16)17)7-10(11)6-8/h4-7H,3H2,1-2H3,(H,15,16,17). The van der Waals surface area contributed by atoms with Crippen molar-refractivity contribution in [3.63, 3.8) is 0 Å². The van der Waals surface area contributed by atoms with Crippen LogP contribution in [0.25, 0.3) is 10.8 Å². The SMILES string of the molecule is C=Nc1c(S(=O)(=O)O)cc2cc(C)ccc2c1C. The summed E-state index contributed by atoms with van der Waals surface area (Å²) in [7, 11) is -4.31. The molecule has 2 aromatic carbocycles. The van der Waals surface area contributed by atoms with Crippen LogP contribution in [0.15, 0.2) is 34.2 Å². The number of fused-ring (bicyclic) bond motifs is 1. The average Bonchev–Trinajstić information content (AvgIpc) is 2.27. The van der Waals surface area contributed by atoms with Gasteiger partial charge in [0.15, 0.2) is 0 Å². The molecular weight excluding hydrogens is 250 g/mol. The maximum atomic E-state index is 11.4. The van der Waals surface area contributed by atoms with Gasteiger partial charge in [0.1, 0.15) is 4.90 Å². The summed E-state index contributed by atoms with van der Waals surface area (Å²) in [5, 5.41) is 1.66. The minimum absolute atomic E-state index is 0.201. The topological polar surface area (TPSA) is 66.7 Å². The van der Waals surface area contributed by atoms with Gasteiger partial charge in [0.05, 0.1) is 5.69 Å². The molecule has 0 radical (unpaired) electrons. The summed E-state index contributed by atoms with van der Waals surface area (Å²) in [6, 6.07) is 7.14. The number of nitrogens with zero attached hydrogens (tertiary/aromatic N) is 1. The lowest BCUT2D eigenvalue weighted by molar-refractivity contribution is 0.483. The van der Waals surface area contributed by atoms with Gasteiger partial charge in [0.25, 0.3) is 10.1 Å². The van der Waals surface area contributed by atoms with Gasteiger partial charge in [-0.25, -0.2) is 0 Å². The Bertz CT molecular complexity index is 748. The average molecular weight is 263 g/mol. The Labute approximate surface area is 106 Å². The van der Waals surface area contributed by atoms with Crippen LogP contribution in [-0.4, -0.2) is 19.7 Å². The molecule has 0 saturated carbocycles. The molecule has 2 rings (SSSR count). The summed E-state index contributed by atoms with van der Waals surface area (Å²) < 4.78 is 32.0. The lowest BCUT2D eigenvalue weighted by Crippen LogP contribution is -2.00. The predicted octanol–water partition coefficient (Wildman–Crippen LogP) is 3.04. The van der Waals surface area contributed by atoms with Crippen molar-refractivity contribution in [1.82, 2.24) is 0 Å². The Morgan fingerprint density at radius 2 is 1.89 bits per heavy atom. The number of hydrogen-bond acceptors (Lipinski definition) is 3. The Hall–Kier alpha value is -1.72. The lowest BCUT2D eigenvalue weighted by Gasteiger charge is -2.10. The highest BCUT2D eigenvalue weighted by Crippen LogP contribution is 2.34. The highest BCUT2D eigenvalue weighted by molar-refractivity contribution is 7.86. The smallest absolute Gasteiger partial charge is 0.282 e. The molecule has 0 aliphatic heterocycles. The van der Waals surface area contributed by atoms with E-state index in [1.807, 2.05) is 25.1 Å². The minimum Gasteiger partial charge on any atom is -0.282 e. The van der Waals surface area contributed by atoms with E-state index in [0.717, 1.165) is 16.3 Å². The molecule has 0 atom stereocenters. The molecule has 0 amide bonds. The van der Waals surface area contributed by atoms with Gasteiger partial charge in [-0.15, -0.1) is 0 Å². The molecule has 18 heavy (non-hydrogen) atoms. The van der Waals surface area contributed by atoms with Crippen LogP contribution in [0, 0.1) is 13.8 Å². The third-order valence-corrected chi connectivity index (χ3v) is 3.79. The van der Waals surface area contributed by atoms with E-state index in [2.05, 4.69) is 11.7 Å². The maximum Gasteiger partial charge on any atom is 0.296 e. The highest BCUT2D eigenvalue weighted by Gasteiger charge is 2.18. The quantitative estimate of drug-likeness (QED) is 0.669. The van der Waals surface area contributed by atoms with Crippen LogP contribution in [0.1, 0.15) is 11.1 Å². The van der Waals surface area contributed by atoms with Crippen molar-refractivity contribution in [2.24, 2.45) is 4.99 Å².